The molecular weight excluding hydrogens is 392 g/mol. The first-order valence-electron chi connectivity index (χ1n) is 9.37. The van der Waals surface area contributed by atoms with Gasteiger partial charge in [0, 0.05) is 11.4 Å². The minimum Gasteiger partial charge on any atom is -0.494 e. The fourth-order valence-electron chi connectivity index (χ4n) is 2.83. The Morgan fingerprint density at radius 3 is 2.28 bits per heavy atom. The Bertz CT molecular complexity index is 955. The molecule has 0 saturated carbocycles. The van der Waals surface area contributed by atoms with E-state index in [9.17, 15) is 18.0 Å². The van der Waals surface area contributed by atoms with Gasteiger partial charge in [0.05, 0.1) is 6.61 Å². The maximum absolute atomic E-state index is 12.7. The van der Waals surface area contributed by atoms with Crippen LogP contribution in [0.5, 0.6) is 5.75 Å². The number of aryl methyl sites for hydroxylation is 1. The number of hydrogen-bond acceptors (Lipinski definition) is 5. The molecule has 29 heavy (non-hydrogen) atoms. The predicted molar refractivity (Wildman–Crippen MR) is 114 cm³/mol. The highest BCUT2D eigenvalue weighted by Crippen LogP contribution is 2.17. The van der Waals surface area contributed by atoms with E-state index < -0.39 is 32.7 Å². The van der Waals surface area contributed by atoms with E-state index in [1.807, 2.05) is 19.9 Å². The summed E-state index contributed by atoms with van der Waals surface area (Å²) in [6.07, 6.45) is 0.0658. The van der Waals surface area contributed by atoms with Gasteiger partial charge in [-0.05, 0) is 62.2 Å². The van der Waals surface area contributed by atoms with Crippen LogP contribution < -0.4 is 15.4 Å². The molecule has 156 valence electrons. The standard InChI is InChI=1S/C21H26N2O5S/c1-4-19(21(25)23-17-8-6-7-15(3)13-17)29(26,27)14-20(24)22-16-9-11-18(12-10-16)28-5-2/h6-13,19H,4-5,14H2,1-3H3,(H,22,24)(H,23,25). The quantitative estimate of drug-likeness (QED) is 0.651. The highest BCUT2D eigenvalue weighted by Gasteiger charge is 2.33. The lowest BCUT2D eigenvalue weighted by atomic mass is 10.2. The number of rotatable bonds is 9. The summed E-state index contributed by atoms with van der Waals surface area (Å²) < 4.78 is 30.6. The molecule has 0 bridgehead atoms. The SMILES string of the molecule is CCOc1ccc(NC(=O)CS(=O)(=O)C(CC)C(=O)Nc2cccc(C)c2)cc1. The Morgan fingerprint density at radius 2 is 1.69 bits per heavy atom. The molecule has 2 amide bonds. The van der Waals surface area contributed by atoms with Gasteiger partial charge in [0.2, 0.25) is 11.8 Å². The topological polar surface area (TPSA) is 102 Å². The lowest BCUT2D eigenvalue weighted by Crippen LogP contribution is -2.39. The van der Waals surface area contributed by atoms with E-state index in [4.69, 9.17) is 4.74 Å². The summed E-state index contributed by atoms with van der Waals surface area (Å²) in [4.78, 5) is 24.7. The molecule has 0 saturated heterocycles. The van der Waals surface area contributed by atoms with Crippen molar-refractivity contribution in [2.75, 3.05) is 23.0 Å². The molecule has 0 fully saturated rings. The van der Waals surface area contributed by atoms with Crippen LogP contribution in [0.25, 0.3) is 0 Å². The number of hydrogen-bond donors (Lipinski definition) is 2. The Kier molecular flexibility index (Phi) is 7.78. The summed E-state index contributed by atoms with van der Waals surface area (Å²) >= 11 is 0. The fourth-order valence-corrected chi connectivity index (χ4v) is 4.36. The Balaban J connectivity index is 2.02. The average molecular weight is 419 g/mol. The number of nitrogens with one attached hydrogen (secondary N) is 2. The Hall–Kier alpha value is -2.87. The lowest BCUT2D eigenvalue weighted by molar-refractivity contribution is -0.115. The second-order valence-electron chi connectivity index (χ2n) is 6.57. The number of amides is 2. The van der Waals surface area contributed by atoms with Crippen LogP contribution in [0.4, 0.5) is 11.4 Å². The molecule has 0 aliphatic heterocycles. The van der Waals surface area contributed by atoms with Gasteiger partial charge in [-0.25, -0.2) is 8.42 Å². The summed E-state index contributed by atoms with van der Waals surface area (Å²) in [6, 6.07) is 13.7. The van der Waals surface area contributed by atoms with E-state index in [1.165, 1.54) is 0 Å². The molecule has 0 aromatic heterocycles. The normalized spacial score (nSPS) is 12.1. The van der Waals surface area contributed by atoms with Crippen LogP contribution in [0.3, 0.4) is 0 Å². The summed E-state index contributed by atoms with van der Waals surface area (Å²) in [6.45, 7) is 5.85. The number of carbonyl (C=O) groups is 2. The van der Waals surface area contributed by atoms with E-state index >= 15 is 0 Å². The van der Waals surface area contributed by atoms with Crippen LogP contribution in [0.1, 0.15) is 25.8 Å². The fraction of sp³-hybridized carbons (Fsp3) is 0.333. The predicted octanol–water partition coefficient (Wildman–Crippen LogP) is 3.16. The molecule has 2 aromatic rings. The third-order valence-corrected chi connectivity index (χ3v) is 6.24. The van der Waals surface area contributed by atoms with Crippen LogP contribution in [0.2, 0.25) is 0 Å². The van der Waals surface area contributed by atoms with Crippen LogP contribution in [-0.4, -0.2) is 37.8 Å². The van der Waals surface area contributed by atoms with Crippen LogP contribution in [0, 0.1) is 6.92 Å². The van der Waals surface area contributed by atoms with Crippen molar-refractivity contribution in [2.24, 2.45) is 0 Å². The molecule has 0 aliphatic rings. The molecule has 2 aromatic carbocycles. The van der Waals surface area contributed by atoms with Gasteiger partial charge < -0.3 is 15.4 Å². The van der Waals surface area contributed by atoms with E-state index in [2.05, 4.69) is 10.6 Å². The third kappa shape index (κ3) is 6.60. The molecular formula is C21H26N2O5S. The number of carbonyl (C=O) groups excluding carboxylic acids is 2. The molecule has 2 N–H and O–H groups in total. The van der Waals surface area contributed by atoms with Crippen molar-refractivity contribution >= 4 is 33.0 Å². The van der Waals surface area contributed by atoms with Gasteiger partial charge in [0.15, 0.2) is 9.84 Å². The smallest absolute Gasteiger partial charge is 0.242 e. The van der Waals surface area contributed by atoms with Crippen molar-refractivity contribution in [1.82, 2.24) is 0 Å². The summed E-state index contributed by atoms with van der Waals surface area (Å²) in [5.74, 6) is -1.47. The van der Waals surface area contributed by atoms with Crippen molar-refractivity contribution in [3.8, 4) is 5.75 Å². The third-order valence-electron chi connectivity index (χ3n) is 4.16. The molecule has 0 aliphatic carbocycles. The molecule has 0 radical (unpaired) electrons. The van der Waals surface area contributed by atoms with Gasteiger partial charge in [-0.15, -0.1) is 0 Å². The van der Waals surface area contributed by atoms with Crippen LogP contribution in [-0.2, 0) is 19.4 Å². The number of anilines is 2. The zero-order chi connectivity index (χ0) is 21.4. The Labute approximate surface area is 171 Å². The van der Waals surface area contributed by atoms with Gasteiger partial charge in [-0.2, -0.15) is 0 Å². The summed E-state index contributed by atoms with van der Waals surface area (Å²) in [5.41, 5.74) is 1.90. The van der Waals surface area contributed by atoms with E-state index in [-0.39, 0.29) is 6.42 Å². The molecule has 8 heteroatoms. The van der Waals surface area contributed by atoms with Crippen molar-refractivity contribution in [3.05, 3.63) is 54.1 Å². The van der Waals surface area contributed by atoms with Crippen molar-refractivity contribution < 1.29 is 22.7 Å². The van der Waals surface area contributed by atoms with Gasteiger partial charge in [-0.3, -0.25) is 9.59 Å². The number of sulfone groups is 1. The average Bonchev–Trinajstić information content (AvgIpc) is 2.63. The van der Waals surface area contributed by atoms with Crippen LogP contribution in [0.15, 0.2) is 48.5 Å². The first kappa shape index (κ1) is 22.4. The first-order chi connectivity index (χ1) is 13.7. The van der Waals surface area contributed by atoms with Gasteiger partial charge >= 0.3 is 0 Å². The van der Waals surface area contributed by atoms with Gasteiger partial charge in [-0.1, -0.05) is 19.1 Å². The zero-order valence-electron chi connectivity index (χ0n) is 16.8. The summed E-state index contributed by atoms with van der Waals surface area (Å²) in [5, 5.41) is 3.84. The van der Waals surface area contributed by atoms with Crippen molar-refractivity contribution in [3.63, 3.8) is 0 Å². The minimum atomic E-state index is -3.99. The molecule has 1 unspecified atom stereocenters. The first-order valence-corrected chi connectivity index (χ1v) is 11.1. The van der Waals surface area contributed by atoms with Gasteiger partial charge in [0.1, 0.15) is 16.8 Å². The maximum Gasteiger partial charge on any atom is 0.242 e. The largest absolute Gasteiger partial charge is 0.494 e. The number of ether oxygens (including phenoxy) is 1. The van der Waals surface area contributed by atoms with Crippen molar-refractivity contribution in [1.29, 1.82) is 0 Å². The molecule has 2 rings (SSSR count). The molecule has 0 spiro atoms. The van der Waals surface area contributed by atoms with Crippen LogP contribution >= 0.6 is 0 Å². The number of benzene rings is 2. The second kappa shape index (κ2) is 10.1. The van der Waals surface area contributed by atoms with E-state index in [1.54, 1.807) is 49.4 Å². The Morgan fingerprint density at radius 1 is 1.00 bits per heavy atom. The maximum atomic E-state index is 12.7. The zero-order valence-corrected chi connectivity index (χ0v) is 17.6. The second-order valence-corrected chi connectivity index (χ2v) is 8.75. The minimum absolute atomic E-state index is 0.0658. The highest BCUT2D eigenvalue weighted by molar-refractivity contribution is 7.93. The van der Waals surface area contributed by atoms with E-state index in [0.717, 1.165) is 5.56 Å². The van der Waals surface area contributed by atoms with E-state index in [0.29, 0.717) is 23.7 Å². The summed E-state index contributed by atoms with van der Waals surface area (Å²) in [7, 11) is -3.99. The molecule has 7 nitrogen and oxygen atoms in total. The monoisotopic (exact) mass is 418 g/mol. The molecule has 1 atom stereocenters. The van der Waals surface area contributed by atoms with Gasteiger partial charge in [0.25, 0.3) is 0 Å². The van der Waals surface area contributed by atoms with Crippen molar-refractivity contribution in [2.45, 2.75) is 32.4 Å². The highest BCUT2D eigenvalue weighted by atomic mass is 32.2. The molecule has 0 heterocycles. The lowest BCUT2D eigenvalue weighted by Gasteiger charge is -2.16.